The smallest absolute Gasteiger partial charge is 0.0295 e. The summed E-state index contributed by atoms with van der Waals surface area (Å²) in [5.74, 6) is 0. The van der Waals surface area contributed by atoms with Crippen molar-refractivity contribution in [2.75, 3.05) is 0 Å². The predicted molar refractivity (Wildman–Crippen MR) is 81.0 cm³/mol. The van der Waals surface area contributed by atoms with E-state index in [-0.39, 0.29) is 0 Å². The van der Waals surface area contributed by atoms with Crippen LogP contribution in [0.1, 0.15) is 65.5 Å². The van der Waals surface area contributed by atoms with E-state index in [2.05, 4.69) is 57.1 Å². The molecule has 2 nitrogen and oxygen atoms in total. The van der Waals surface area contributed by atoms with Crippen molar-refractivity contribution in [1.29, 1.82) is 0 Å². The first-order valence-electron chi connectivity index (χ1n) is 7.43. The number of hydrogen-bond acceptors (Lipinski definition) is 2. The van der Waals surface area contributed by atoms with Crippen LogP contribution in [0.5, 0.6) is 0 Å². The van der Waals surface area contributed by atoms with Gasteiger partial charge in [0, 0.05) is 24.5 Å². The van der Waals surface area contributed by atoms with Crippen LogP contribution in [0.25, 0.3) is 0 Å². The third-order valence-electron chi connectivity index (χ3n) is 4.25. The molecule has 2 rings (SSSR count). The van der Waals surface area contributed by atoms with Gasteiger partial charge in [-0.25, -0.2) is 0 Å². The van der Waals surface area contributed by atoms with Gasteiger partial charge in [-0.2, -0.15) is 0 Å². The second-order valence-electron chi connectivity index (χ2n) is 7.78. The summed E-state index contributed by atoms with van der Waals surface area (Å²) in [6.45, 7) is 11.9. The molecule has 1 aliphatic rings. The fourth-order valence-electron chi connectivity index (χ4n) is 4.07. The van der Waals surface area contributed by atoms with Crippen LogP contribution < -0.4 is 5.32 Å². The van der Waals surface area contributed by atoms with Gasteiger partial charge < -0.3 is 5.32 Å². The summed E-state index contributed by atoms with van der Waals surface area (Å²) in [5, 5.41) is 3.82. The summed E-state index contributed by atoms with van der Waals surface area (Å²) in [6.07, 6.45) is 7.62. The minimum Gasteiger partial charge on any atom is -0.307 e. The van der Waals surface area contributed by atoms with E-state index in [4.69, 9.17) is 0 Å². The molecule has 2 heteroatoms. The quantitative estimate of drug-likeness (QED) is 0.874. The van der Waals surface area contributed by atoms with Crippen LogP contribution in [0.4, 0.5) is 0 Å². The second kappa shape index (κ2) is 5.24. The monoisotopic (exact) mass is 260 g/mol. The second-order valence-corrected chi connectivity index (χ2v) is 7.78. The highest BCUT2D eigenvalue weighted by Gasteiger charge is 2.38. The number of rotatable bonds is 3. The van der Waals surface area contributed by atoms with Crippen molar-refractivity contribution in [1.82, 2.24) is 10.3 Å². The van der Waals surface area contributed by atoms with Gasteiger partial charge in [0.2, 0.25) is 0 Å². The van der Waals surface area contributed by atoms with Crippen molar-refractivity contribution < 1.29 is 0 Å². The van der Waals surface area contributed by atoms with E-state index in [1.807, 2.05) is 12.4 Å². The molecule has 1 saturated carbocycles. The maximum Gasteiger partial charge on any atom is 0.0295 e. The highest BCUT2D eigenvalue weighted by molar-refractivity contribution is 5.14. The first-order chi connectivity index (χ1) is 8.77. The number of pyridine rings is 1. The first-order valence-corrected chi connectivity index (χ1v) is 7.43. The largest absolute Gasteiger partial charge is 0.307 e. The Morgan fingerprint density at radius 1 is 1.11 bits per heavy atom. The molecule has 0 amide bonds. The molecule has 1 aromatic rings. The van der Waals surface area contributed by atoms with E-state index in [1.54, 1.807) is 0 Å². The lowest BCUT2D eigenvalue weighted by Crippen LogP contribution is -2.44. The van der Waals surface area contributed by atoms with Gasteiger partial charge in [-0.3, -0.25) is 4.98 Å². The summed E-state index contributed by atoms with van der Waals surface area (Å²) in [7, 11) is 0. The van der Waals surface area contributed by atoms with E-state index in [0.717, 1.165) is 0 Å². The third-order valence-corrected chi connectivity index (χ3v) is 4.25. The van der Waals surface area contributed by atoms with Gasteiger partial charge in [-0.1, -0.05) is 27.7 Å². The summed E-state index contributed by atoms with van der Waals surface area (Å²) in [4.78, 5) is 4.09. The van der Waals surface area contributed by atoms with E-state index < -0.39 is 0 Å². The van der Waals surface area contributed by atoms with Gasteiger partial charge in [-0.15, -0.1) is 0 Å². The molecule has 19 heavy (non-hydrogen) atoms. The molecular weight excluding hydrogens is 232 g/mol. The Labute approximate surface area is 118 Å². The van der Waals surface area contributed by atoms with Gasteiger partial charge in [0.05, 0.1) is 0 Å². The predicted octanol–water partition coefficient (Wildman–Crippen LogP) is 4.34. The summed E-state index contributed by atoms with van der Waals surface area (Å²) in [6, 6.07) is 5.23. The Hall–Kier alpha value is -0.890. The van der Waals surface area contributed by atoms with E-state index >= 15 is 0 Å². The summed E-state index contributed by atoms with van der Waals surface area (Å²) >= 11 is 0. The van der Waals surface area contributed by atoms with Crippen molar-refractivity contribution in [3.05, 3.63) is 30.1 Å². The van der Waals surface area contributed by atoms with Gasteiger partial charge >= 0.3 is 0 Å². The number of nitrogens with one attached hydrogen (secondary N) is 1. The van der Waals surface area contributed by atoms with Crippen LogP contribution >= 0.6 is 0 Å². The minimum absolute atomic E-state index is 0.401. The lowest BCUT2D eigenvalue weighted by atomic mass is 9.63. The molecule has 1 heterocycles. The van der Waals surface area contributed by atoms with Crippen molar-refractivity contribution in [2.45, 2.75) is 66.0 Å². The molecule has 1 fully saturated rings. The molecule has 0 radical (unpaired) electrons. The Bertz CT molecular complexity index is 393. The number of nitrogens with zero attached hydrogens (tertiary/aromatic N) is 1. The van der Waals surface area contributed by atoms with Crippen LogP contribution in [-0.2, 0) is 0 Å². The molecule has 0 bridgehead atoms. The molecule has 1 aromatic heterocycles. The van der Waals surface area contributed by atoms with Crippen molar-refractivity contribution >= 4 is 0 Å². The van der Waals surface area contributed by atoms with Crippen LogP contribution in [0.3, 0.4) is 0 Å². The third kappa shape index (κ3) is 4.04. The Morgan fingerprint density at radius 2 is 1.63 bits per heavy atom. The fourth-order valence-corrected chi connectivity index (χ4v) is 4.07. The number of hydrogen-bond donors (Lipinski definition) is 1. The Kier molecular flexibility index (Phi) is 4.00. The zero-order valence-corrected chi connectivity index (χ0v) is 13.0. The normalized spacial score (nSPS) is 24.1. The molecule has 1 atom stereocenters. The van der Waals surface area contributed by atoms with E-state index in [1.165, 1.54) is 24.8 Å². The summed E-state index contributed by atoms with van der Waals surface area (Å²) in [5.41, 5.74) is 2.21. The molecule has 1 N–H and O–H groups in total. The van der Waals surface area contributed by atoms with Gasteiger partial charge in [0.25, 0.3) is 0 Å². The molecule has 0 saturated heterocycles. The lowest BCUT2D eigenvalue weighted by Gasteiger charge is -2.46. The molecule has 0 aromatic carbocycles. The molecule has 106 valence electrons. The Morgan fingerprint density at radius 3 is 2.16 bits per heavy atom. The fraction of sp³-hybridized carbons (Fsp3) is 0.706. The molecule has 0 spiro atoms. The molecule has 0 aliphatic heterocycles. The molecular formula is C17H28N2. The first kappa shape index (κ1) is 14.5. The SMILES string of the molecule is C[C@H](NC1CC(C)(C)CC(C)(C)C1)c1ccncc1. The van der Waals surface area contributed by atoms with Crippen LogP contribution in [0.15, 0.2) is 24.5 Å². The van der Waals surface area contributed by atoms with Crippen molar-refractivity contribution in [3.8, 4) is 0 Å². The van der Waals surface area contributed by atoms with Crippen molar-refractivity contribution in [2.24, 2.45) is 10.8 Å². The maximum atomic E-state index is 4.09. The van der Waals surface area contributed by atoms with Crippen LogP contribution in [0, 0.1) is 10.8 Å². The summed E-state index contributed by atoms with van der Waals surface area (Å²) < 4.78 is 0. The van der Waals surface area contributed by atoms with Gasteiger partial charge in [0.15, 0.2) is 0 Å². The highest BCUT2D eigenvalue weighted by atomic mass is 15.0. The van der Waals surface area contributed by atoms with Crippen molar-refractivity contribution in [3.63, 3.8) is 0 Å². The lowest BCUT2D eigenvalue weighted by molar-refractivity contribution is 0.0811. The average molecular weight is 260 g/mol. The topological polar surface area (TPSA) is 24.9 Å². The highest BCUT2D eigenvalue weighted by Crippen LogP contribution is 2.46. The van der Waals surface area contributed by atoms with Gasteiger partial charge in [-0.05, 0) is 54.7 Å². The zero-order chi connectivity index (χ0) is 14.1. The number of aromatic nitrogens is 1. The van der Waals surface area contributed by atoms with E-state index in [0.29, 0.717) is 22.9 Å². The Balaban J connectivity index is 2.03. The molecule has 0 unspecified atom stereocenters. The molecule has 1 aliphatic carbocycles. The van der Waals surface area contributed by atoms with Crippen LogP contribution in [0.2, 0.25) is 0 Å². The average Bonchev–Trinajstić information content (AvgIpc) is 2.25. The minimum atomic E-state index is 0.401. The zero-order valence-electron chi connectivity index (χ0n) is 13.0. The van der Waals surface area contributed by atoms with E-state index in [9.17, 15) is 0 Å². The maximum absolute atomic E-state index is 4.09. The van der Waals surface area contributed by atoms with Crippen LogP contribution in [-0.4, -0.2) is 11.0 Å². The van der Waals surface area contributed by atoms with Gasteiger partial charge in [0.1, 0.15) is 0 Å². The standard InChI is InChI=1S/C17H28N2/c1-13(14-6-8-18-9-7-14)19-15-10-16(2,3)12-17(4,5)11-15/h6-9,13,15,19H,10-12H2,1-5H3/t13-/m0/s1.